The standard InChI is InChI=1S/C16H15N3O3S/c1-4-22-16(21)12-9(3)11-14(20)18-13(19-15(11)23-12)10-7-5-6-8(2)17-10/h5-7H,4H2,1-3H3,(H,18,19,20). The lowest BCUT2D eigenvalue weighted by atomic mass is 10.2. The molecule has 0 spiro atoms. The number of aromatic amines is 1. The molecule has 1 N–H and O–H groups in total. The Kier molecular flexibility index (Phi) is 3.96. The molecule has 0 amide bonds. The number of H-pyrrole nitrogens is 1. The Hall–Kier alpha value is -2.54. The number of thiophene rings is 1. The number of nitrogens with zero attached hydrogens (tertiary/aromatic N) is 2. The molecule has 3 aromatic rings. The monoisotopic (exact) mass is 329 g/mol. The summed E-state index contributed by atoms with van der Waals surface area (Å²) in [5, 5.41) is 0.425. The fourth-order valence-electron chi connectivity index (χ4n) is 2.33. The predicted octanol–water partition coefficient (Wildman–Crippen LogP) is 2.84. The van der Waals surface area contributed by atoms with Crippen LogP contribution in [0.3, 0.4) is 0 Å². The second kappa shape index (κ2) is 5.92. The van der Waals surface area contributed by atoms with Crippen LogP contribution in [0.1, 0.15) is 27.9 Å². The van der Waals surface area contributed by atoms with Crippen LogP contribution < -0.4 is 5.56 Å². The van der Waals surface area contributed by atoms with Crippen molar-refractivity contribution in [2.24, 2.45) is 0 Å². The van der Waals surface area contributed by atoms with Gasteiger partial charge >= 0.3 is 5.97 Å². The molecule has 0 unspecified atom stereocenters. The molecular weight excluding hydrogens is 314 g/mol. The van der Waals surface area contributed by atoms with Crippen LogP contribution in [0.4, 0.5) is 0 Å². The van der Waals surface area contributed by atoms with Crippen LogP contribution in [0.2, 0.25) is 0 Å². The summed E-state index contributed by atoms with van der Waals surface area (Å²) in [5.41, 5.74) is 1.74. The van der Waals surface area contributed by atoms with E-state index in [0.717, 1.165) is 5.69 Å². The van der Waals surface area contributed by atoms with Crippen molar-refractivity contribution in [2.75, 3.05) is 6.61 Å². The van der Waals surface area contributed by atoms with Gasteiger partial charge in [-0.25, -0.2) is 14.8 Å². The predicted molar refractivity (Wildman–Crippen MR) is 88.9 cm³/mol. The van der Waals surface area contributed by atoms with Crippen molar-refractivity contribution < 1.29 is 9.53 Å². The number of pyridine rings is 1. The number of ether oxygens (including phenoxy) is 1. The van der Waals surface area contributed by atoms with Gasteiger partial charge in [-0.3, -0.25) is 4.79 Å². The molecule has 3 aromatic heterocycles. The van der Waals surface area contributed by atoms with E-state index in [4.69, 9.17) is 4.74 Å². The van der Waals surface area contributed by atoms with E-state index in [0.29, 0.717) is 32.2 Å². The molecule has 0 aliphatic rings. The molecule has 0 radical (unpaired) electrons. The van der Waals surface area contributed by atoms with Gasteiger partial charge in [-0.05, 0) is 38.5 Å². The third-order valence-electron chi connectivity index (χ3n) is 3.39. The summed E-state index contributed by atoms with van der Waals surface area (Å²) in [6, 6.07) is 5.50. The fourth-order valence-corrected chi connectivity index (χ4v) is 3.41. The van der Waals surface area contributed by atoms with Crippen molar-refractivity contribution in [1.29, 1.82) is 0 Å². The maximum absolute atomic E-state index is 12.4. The largest absolute Gasteiger partial charge is 0.462 e. The molecule has 0 fully saturated rings. The normalized spacial score (nSPS) is 10.9. The summed E-state index contributed by atoms with van der Waals surface area (Å²) in [6.45, 7) is 5.63. The fraction of sp³-hybridized carbons (Fsp3) is 0.250. The van der Waals surface area contributed by atoms with Gasteiger partial charge in [-0.1, -0.05) is 6.07 Å². The molecule has 0 saturated carbocycles. The van der Waals surface area contributed by atoms with Gasteiger partial charge in [-0.15, -0.1) is 11.3 Å². The number of hydrogen-bond acceptors (Lipinski definition) is 6. The highest BCUT2D eigenvalue weighted by Gasteiger charge is 2.20. The summed E-state index contributed by atoms with van der Waals surface area (Å²) >= 11 is 1.17. The summed E-state index contributed by atoms with van der Waals surface area (Å²) in [7, 11) is 0. The Labute approximate surface area is 136 Å². The van der Waals surface area contributed by atoms with Crippen LogP contribution in [-0.4, -0.2) is 27.5 Å². The molecule has 3 heterocycles. The number of aryl methyl sites for hydroxylation is 2. The summed E-state index contributed by atoms with van der Waals surface area (Å²) < 4.78 is 5.03. The minimum absolute atomic E-state index is 0.280. The molecular formula is C16H15N3O3S. The Morgan fingerprint density at radius 2 is 2.09 bits per heavy atom. The van der Waals surface area contributed by atoms with Gasteiger partial charge in [-0.2, -0.15) is 0 Å². The van der Waals surface area contributed by atoms with Gasteiger partial charge in [0.1, 0.15) is 15.4 Å². The van der Waals surface area contributed by atoms with Gasteiger partial charge in [0.05, 0.1) is 12.0 Å². The SMILES string of the molecule is CCOC(=O)c1sc2nc(-c3cccc(C)n3)[nH]c(=O)c2c1C. The first-order valence-corrected chi connectivity index (χ1v) is 7.97. The molecule has 0 bridgehead atoms. The molecule has 0 aliphatic carbocycles. The van der Waals surface area contributed by atoms with Gasteiger partial charge in [0.25, 0.3) is 5.56 Å². The zero-order valence-electron chi connectivity index (χ0n) is 13.0. The minimum atomic E-state index is -0.428. The molecule has 23 heavy (non-hydrogen) atoms. The average molecular weight is 329 g/mol. The first-order valence-electron chi connectivity index (χ1n) is 7.15. The number of carbonyl (C=O) groups is 1. The summed E-state index contributed by atoms with van der Waals surface area (Å²) in [4.78, 5) is 36.9. The van der Waals surface area contributed by atoms with Gasteiger partial charge < -0.3 is 9.72 Å². The zero-order chi connectivity index (χ0) is 16.6. The molecule has 7 heteroatoms. The molecule has 0 atom stereocenters. The highest BCUT2D eigenvalue weighted by Crippen LogP contribution is 2.28. The van der Waals surface area contributed by atoms with E-state index in [1.54, 1.807) is 19.9 Å². The van der Waals surface area contributed by atoms with Crippen LogP contribution in [0.5, 0.6) is 0 Å². The summed E-state index contributed by atoms with van der Waals surface area (Å²) in [6.07, 6.45) is 0. The number of rotatable bonds is 3. The quantitative estimate of drug-likeness (QED) is 0.747. The lowest BCUT2D eigenvalue weighted by molar-refractivity contribution is 0.0531. The van der Waals surface area contributed by atoms with Crippen LogP contribution >= 0.6 is 11.3 Å². The first-order chi connectivity index (χ1) is 11.0. The highest BCUT2D eigenvalue weighted by molar-refractivity contribution is 7.20. The third kappa shape index (κ3) is 2.75. The van der Waals surface area contributed by atoms with Crippen molar-refractivity contribution in [3.05, 3.63) is 44.7 Å². The lowest BCUT2D eigenvalue weighted by Gasteiger charge is -2.01. The van der Waals surface area contributed by atoms with E-state index in [-0.39, 0.29) is 12.2 Å². The molecule has 0 aliphatic heterocycles. The van der Waals surface area contributed by atoms with E-state index in [2.05, 4.69) is 15.0 Å². The van der Waals surface area contributed by atoms with Gasteiger partial charge in [0, 0.05) is 5.69 Å². The maximum atomic E-state index is 12.4. The Balaban J connectivity index is 2.19. The van der Waals surface area contributed by atoms with Crippen LogP contribution in [-0.2, 0) is 4.74 Å². The van der Waals surface area contributed by atoms with Crippen LogP contribution in [0, 0.1) is 13.8 Å². The van der Waals surface area contributed by atoms with Crippen LogP contribution in [0.15, 0.2) is 23.0 Å². The molecule has 3 rings (SSSR count). The number of aromatic nitrogens is 3. The maximum Gasteiger partial charge on any atom is 0.348 e. The molecule has 0 saturated heterocycles. The second-order valence-electron chi connectivity index (χ2n) is 5.04. The Morgan fingerprint density at radius 3 is 2.78 bits per heavy atom. The Bertz CT molecular complexity index is 959. The van der Waals surface area contributed by atoms with Crippen molar-refractivity contribution in [1.82, 2.24) is 15.0 Å². The topological polar surface area (TPSA) is 84.9 Å². The van der Waals surface area contributed by atoms with Gasteiger partial charge in [0.15, 0.2) is 5.82 Å². The van der Waals surface area contributed by atoms with Gasteiger partial charge in [0.2, 0.25) is 0 Å². The smallest absolute Gasteiger partial charge is 0.348 e. The number of carbonyl (C=O) groups excluding carboxylic acids is 1. The third-order valence-corrected chi connectivity index (χ3v) is 4.56. The lowest BCUT2D eigenvalue weighted by Crippen LogP contribution is -2.10. The number of nitrogens with one attached hydrogen (secondary N) is 1. The second-order valence-corrected chi connectivity index (χ2v) is 6.03. The number of fused-ring (bicyclic) bond motifs is 1. The van der Waals surface area contributed by atoms with E-state index in [1.165, 1.54) is 11.3 Å². The average Bonchev–Trinajstić information content (AvgIpc) is 2.85. The van der Waals surface area contributed by atoms with Crippen molar-refractivity contribution in [3.63, 3.8) is 0 Å². The number of esters is 1. The first kappa shape index (κ1) is 15.4. The Morgan fingerprint density at radius 1 is 1.30 bits per heavy atom. The molecule has 0 aromatic carbocycles. The highest BCUT2D eigenvalue weighted by atomic mass is 32.1. The van der Waals surface area contributed by atoms with Crippen molar-refractivity contribution >= 4 is 27.5 Å². The summed E-state index contributed by atoms with van der Waals surface area (Å²) in [5.74, 6) is -0.0366. The van der Waals surface area contributed by atoms with E-state index in [1.807, 2.05) is 19.1 Å². The van der Waals surface area contributed by atoms with E-state index >= 15 is 0 Å². The van der Waals surface area contributed by atoms with E-state index < -0.39 is 5.97 Å². The molecule has 118 valence electrons. The molecule has 6 nitrogen and oxygen atoms in total. The minimum Gasteiger partial charge on any atom is -0.462 e. The number of hydrogen-bond donors (Lipinski definition) is 1. The van der Waals surface area contributed by atoms with E-state index in [9.17, 15) is 9.59 Å². The van der Waals surface area contributed by atoms with Crippen molar-refractivity contribution in [3.8, 4) is 11.5 Å². The zero-order valence-corrected chi connectivity index (χ0v) is 13.8. The van der Waals surface area contributed by atoms with Crippen molar-refractivity contribution in [2.45, 2.75) is 20.8 Å². The van der Waals surface area contributed by atoms with Crippen LogP contribution in [0.25, 0.3) is 21.7 Å².